The summed E-state index contributed by atoms with van der Waals surface area (Å²) in [6, 6.07) is -0.228. The number of methoxy groups -OCH3 is 1. The third-order valence-corrected chi connectivity index (χ3v) is 3.79. The second-order valence-corrected chi connectivity index (χ2v) is 5.59. The van der Waals surface area contributed by atoms with E-state index in [2.05, 4.69) is 15.3 Å². The van der Waals surface area contributed by atoms with Gasteiger partial charge in [0.2, 0.25) is 0 Å². The molecule has 2 aromatic rings. The monoisotopic (exact) mass is 321 g/mol. The van der Waals surface area contributed by atoms with Crippen molar-refractivity contribution in [2.24, 2.45) is 0 Å². The first-order valence-electron chi connectivity index (χ1n) is 7.36. The Balaban J connectivity index is 1.83. The van der Waals surface area contributed by atoms with Crippen LogP contribution >= 0.6 is 0 Å². The molecule has 3 rings (SSSR count). The highest BCUT2D eigenvalue weighted by molar-refractivity contribution is 5.95. The maximum Gasteiger partial charge on any atom is 0.265 e. The largest absolute Gasteiger partial charge is 0.378 e. The third kappa shape index (κ3) is 2.91. The molecule has 0 radical (unpaired) electrons. The van der Waals surface area contributed by atoms with Gasteiger partial charge in [0.05, 0.1) is 6.61 Å². The lowest BCUT2D eigenvalue weighted by atomic mass is 10.2. The Bertz CT molecular complexity index is 680. The SMILES string of the molecule is COCc1nocc1C(=O)N1CCC[C@H]1c1nc(N(C)C)no1. The lowest BCUT2D eigenvalue weighted by Crippen LogP contribution is -2.31. The fourth-order valence-electron chi connectivity index (χ4n) is 2.64. The van der Waals surface area contributed by atoms with Crippen LogP contribution in [-0.2, 0) is 11.3 Å². The molecule has 0 aromatic carbocycles. The molecule has 1 atom stereocenters. The fraction of sp³-hybridized carbons (Fsp3) is 0.571. The first-order chi connectivity index (χ1) is 11.1. The first kappa shape index (κ1) is 15.5. The van der Waals surface area contributed by atoms with Gasteiger partial charge in [0.25, 0.3) is 17.7 Å². The maximum absolute atomic E-state index is 12.8. The molecule has 1 saturated heterocycles. The molecule has 1 fully saturated rings. The molecule has 0 bridgehead atoms. The minimum atomic E-state index is -0.228. The van der Waals surface area contributed by atoms with Crippen molar-refractivity contribution in [3.8, 4) is 0 Å². The summed E-state index contributed by atoms with van der Waals surface area (Å²) in [5.74, 6) is 0.777. The molecule has 124 valence electrons. The van der Waals surface area contributed by atoms with Gasteiger partial charge >= 0.3 is 0 Å². The van der Waals surface area contributed by atoms with Crippen LogP contribution in [0.3, 0.4) is 0 Å². The number of anilines is 1. The van der Waals surface area contributed by atoms with Crippen molar-refractivity contribution in [3.63, 3.8) is 0 Å². The van der Waals surface area contributed by atoms with E-state index in [9.17, 15) is 4.79 Å². The number of hydrogen-bond acceptors (Lipinski definition) is 8. The van der Waals surface area contributed by atoms with Crippen LogP contribution in [0.15, 0.2) is 15.3 Å². The zero-order valence-electron chi connectivity index (χ0n) is 13.4. The van der Waals surface area contributed by atoms with Crippen LogP contribution in [0.1, 0.15) is 40.8 Å². The van der Waals surface area contributed by atoms with Gasteiger partial charge in [0.15, 0.2) is 0 Å². The average Bonchev–Trinajstić information content (AvgIpc) is 3.26. The number of amides is 1. The van der Waals surface area contributed by atoms with Crippen LogP contribution in [0.4, 0.5) is 5.95 Å². The smallest absolute Gasteiger partial charge is 0.265 e. The maximum atomic E-state index is 12.8. The topological polar surface area (TPSA) is 97.7 Å². The molecule has 0 unspecified atom stereocenters. The van der Waals surface area contributed by atoms with Gasteiger partial charge in [-0.25, -0.2) is 0 Å². The normalized spacial score (nSPS) is 17.7. The van der Waals surface area contributed by atoms with Gasteiger partial charge in [-0.2, -0.15) is 4.98 Å². The van der Waals surface area contributed by atoms with Crippen molar-refractivity contribution in [2.45, 2.75) is 25.5 Å². The van der Waals surface area contributed by atoms with Crippen LogP contribution in [0.5, 0.6) is 0 Å². The number of likely N-dealkylation sites (tertiary alicyclic amines) is 1. The van der Waals surface area contributed by atoms with Crippen molar-refractivity contribution in [2.75, 3.05) is 32.6 Å². The number of nitrogens with zero attached hydrogens (tertiary/aromatic N) is 5. The molecule has 0 N–H and O–H groups in total. The number of hydrogen-bond donors (Lipinski definition) is 0. The van der Waals surface area contributed by atoms with Gasteiger partial charge in [0.1, 0.15) is 23.6 Å². The number of rotatable bonds is 5. The van der Waals surface area contributed by atoms with Gasteiger partial charge < -0.3 is 23.6 Å². The Labute approximate surface area is 133 Å². The van der Waals surface area contributed by atoms with E-state index in [0.717, 1.165) is 12.8 Å². The number of aromatic nitrogens is 3. The van der Waals surface area contributed by atoms with E-state index in [1.54, 1.807) is 16.9 Å². The van der Waals surface area contributed by atoms with Gasteiger partial charge in [-0.1, -0.05) is 5.16 Å². The molecule has 1 aliphatic rings. The summed E-state index contributed by atoms with van der Waals surface area (Å²) in [6.45, 7) is 0.849. The summed E-state index contributed by atoms with van der Waals surface area (Å²) in [6.07, 6.45) is 3.01. The number of carbonyl (C=O) groups excluding carboxylic acids is 1. The Morgan fingerprint density at radius 1 is 1.48 bits per heavy atom. The minimum absolute atomic E-state index is 0.162. The minimum Gasteiger partial charge on any atom is -0.378 e. The zero-order valence-corrected chi connectivity index (χ0v) is 13.4. The van der Waals surface area contributed by atoms with E-state index in [1.807, 2.05) is 14.1 Å². The molecule has 0 spiro atoms. The van der Waals surface area contributed by atoms with Crippen molar-refractivity contribution >= 4 is 11.9 Å². The Hall–Kier alpha value is -2.42. The molecule has 23 heavy (non-hydrogen) atoms. The predicted molar refractivity (Wildman–Crippen MR) is 78.9 cm³/mol. The van der Waals surface area contributed by atoms with Gasteiger partial charge in [-0.05, 0) is 18.0 Å². The Kier molecular flexibility index (Phi) is 4.28. The van der Waals surface area contributed by atoms with Gasteiger partial charge in [-0.3, -0.25) is 4.79 Å². The predicted octanol–water partition coefficient (Wildman–Crippen LogP) is 1.25. The molecule has 3 heterocycles. The number of ether oxygens (including phenoxy) is 1. The average molecular weight is 321 g/mol. The Morgan fingerprint density at radius 3 is 3.00 bits per heavy atom. The lowest BCUT2D eigenvalue weighted by Gasteiger charge is -2.21. The number of carbonyl (C=O) groups is 1. The second-order valence-electron chi connectivity index (χ2n) is 5.59. The molecule has 1 aliphatic heterocycles. The van der Waals surface area contributed by atoms with Gasteiger partial charge in [-0.15, -0.1) is 0 Å². The standard InChI is InChI=1S/C14H19N5O4/c1-18(2)14-15-12(23-17-14)11-5-4-6-19(11)13(20)9-7-22-16-10(9)8-21-3/h7,11H,4-6,8H2,1-3H3/t11-/m0/s1. The molecule has 2 aromatic heterocycles. The Morgan fingerprint density at radius 2 is 2.30 bits per heavy atom. The molecule has 9 nitrogen and oxygen atoms in total. The lowest BCUT2D eigenvalue weighted by molar-refractivity contribution is 0.0705. The quantitative estimate of drug-likeness (QED) is 0.811. The third-order valence-electron chi connectivity index (χ3n) is 3.79. The van der Waals surface area contributed by atoms with Crippen LogP contribution in [0.2, 0.25) is 0 Å². The molecular formula is C14H19N5O4. The van der Waals surface area contributed by atoms with Crippen molar-refractivity contribution in [1.82, 2.24) is 20.2 Å². The molecule has 9 heteroatoms. The van der Waals surface area contributed by atoms with Gasteiger partial charge in [0, 0.05) is 27.7 Å². The van der Waals surface area contributed by atoms with E-state index in [-0.39, 0.29) is 18.6 Å². The summed E-state index contributed by atoms with van der Waals surface area (Å²) >= 11 is 0. The molecule has 0 aliphatic carbocycles. The second kappa shape index (κ2) is 6.37. The summed E-state index contributed by atoms with van der Waals surface area (Å²) in [5, 5.41) is 7.73. The zero-order chi connectivity index (χ0) is 16.4. The van der Waals surface area contributed by atoms with Crippen molar-refractivity contribution < 1.29 is 18.6 Å². The fourth-order valence-corrected chi connectivity index (χ4v) is 2.64. The molecule has 1 amide bonds. The van der Waals surface area contributed by atoms with Crippen LogP contribution in [-0.4, -0.2) is 53.9 Å². The van der Waals surface area contributed by atoms with E-state index in [0.29, 0.717) is 29.6 Å². The first-order valence-corrected chi connectivity index (χ1v) is 7.36. The van der Waals surface area contributed by atoms with Crippen LogP contribution in [0.25, 0.3) is 0 Å². The van der Waals surface area contributed by atoms with Crippen molar-refractivity contribution in [3.05, 3.63) is 23.4 Å². The highest BCUT2D eigenvalue weighted by Gasteiger charge is 2.36. The molecule has 0 saturated carbocycles. The summed E-state index contributed by atoms with van der Waals surface area (Å²) in [4.78, 5) is 20.6. The van der Waals surface area contributed by atoms with E-state index in [1.165, 1.54) is 6.26 Å². The summed E-state index contributed by atoms with van der Waals surface area (Å²) in [5.41, 5.74) is 0.897. The van der Waals surface area contributed by atoms with E-state index < -0.39 is 0 Å². The van der Waals surface area contributed by atoms with Crippen LogP contribution in [0, 0.1) is 0 Å². The highest BCUT2D eigenvalue weighted by atomic mass is 16.5. The molecular weight excluding hydrogens is 302 g/mol. The van der Waals surface area contributed by atoms with Crippen LogP contribution < -0.4 is 4.90 Å². The van der Waals surface area contributed by atoms with E-state index in [4.69, 9.17) is 13.8 Å². The summed E-state index contributed by atoms with van der Waals surface area (Å²) < 4.78 is 15.3. The summed E-state index contributed by atoms with van der Waals surface area (Å²) in [7, 11) is 5.21. The van der Waals surface area contributed by atoms with Crippen molar-refractivity contribution in [1.29, 1.82) is 0 Å². The highest BCUT2D eigenvalue weighted by Crippen LogP contribution is 2.33. The van der Waals surface area contributed by atoms with E-state index >= 15 is 0 Å².